The van der Waals surface area contributed by atoms with E-state index in [0.717, 1.165) is 25.3 Å². The zero-order valence-electron chi connectivity index (χ0n) is 9.93. The van der Waals surface area contributed by atoms with Gasteiger partial charge in [-0.2, -0.15) is 0 Å². The number of benzene rings is 1. The van der Waals surface area contributed by atoms with Crippen molar-refractivity contribution in [1.82, 2.24) is 4.90 Å². The van der Waals surface area contributed by atoms with Crippen molar-refractivity contribution in [3.63, 3.8) is 0 Å². The summed E-state index contributed by atoms with van der Waals surface area (Å²) in [5, 5.41) is 13.8. The van der Waals surface area contributed by atoms with Gasteiger partial charge < -0.3 is 10.2 Å². The van der Waals surface area contributed by atoms with Gasteiger partial charge in [0, 0.05) is 30.9 Å². The van der Waals surface area contributed by atoms with E-state index in [4.69, 9.17) is 0 Å². The van der Waals surface area contributed by atoms with Crippen molar-refractivity contribution >= 4 is 11.4 Å². The van der Waals surface area contributed by atoms with Crippen molar-refractivity contribution in [1.29, 1.82) is 0 Å². The van der Waals surface area contributed by atoms with Gasteiger partial charge in [-0.1, -0.05) is 0 Å². The molecule has 0 radical (unpaired) electrons. The number of nitrogens with one attached hydrogen (secondary N) is 1. The Bertz CT molecular complexity index is 391. The zero-order valence-corrected chi connectivity index (χ0v) is 9.93. The molecule has 0 saturated carbocycles. The second kappa shape index (κ2) is 5.14. The Kier molecular flexibility index (Phi) is 3.58. The Labute approximate surface area is 101 Å². The summed E-state index contributed by atoms with van der Waals surface area (Å²) in [6.07, 6.45) is 1.22. The minimum Gasteiger partial charge on any atom is -0.385 e. The molecule has 0 spiro atoms. The third-order valence-electron chi connectivity index (χ3n) is 3.16. The molecule has 5 heteroatoms. The fourth-order valence-corrected chi connectivity index (χ4v) is 2.16. The lowest BCUT2D eigenvalue weighted by Crippen LogP contribution is -2.19. The van der Waals surface area contributed by atoms with Crippen molar-refractivity contribution in [3.8, 4) is 0 Å². The van der Waals surface area contributed by atoms with E-state index in [-0.39, 0.29) is 10.6 Å². The molecule has 1 heterocycles. The Morgan fingerprint density at radius 2 is 2.18 bits per heavy atom. The predicted molar refractivity (Wildman–Crippen MR) is 67.2 cm³/mol. The molecule has 1 unspecified atom stereocenters. The predicted octanol–water partition coefficient (Wildman–Crippen LogP) is 1.96. The van der Waals surface area contributed by atoms with Crippen molar-refractivity contribution in [3.05, 3.63) is 34.4 Å². The van der Waals surface area contributed by atoms with Gasteiger partial charge in [0.15, 0.2) is 0 Å². The number of anilines is 1. The van der Waals surface area contributed by atoms with Gasteiger partial charge in [-0.3, -0.25) is 10.1 Å². The van der Waals surface area contributed by atoms with Crippen molar-refractivity contribution in [2.45, 2.75) is 6.42 Å². The van der Waals surface area contributed by atoms with Crippen LogP contribution < -0.4 is 5.32 Å². The summed E-state index contributed by atoms with van der Waals surface area (Å²) in [4.78, 5) is 12.4. The molecule has 1 atom stereocenters. The maximum Gasteiger partial charge on any atom is 0.269 e. The molecule has 1 aliphatic rings. The smallest absolute Gasteiger partial charge is 0.269 e. The van der Waals surface area contributed by atoms with Crippen LogP contribution in [-0.2, 0) is 0 Å². The van der Waals surface area contributed by atoms with Gasteiger partial charge in [0.1, 0.15) is 0 Å². The van der Waals surface area contributed by atoms with Gasteiger partial charge in [0.05, 0.1) is 4.92 Å². The number of likely N-dealkylation sites (tertiary alicyclic amines) is 1. The molecule has 0 bridgehead atoms. The first-order chi connectivity index (χ1) is 8.15. The number of hydrogen-bond donors (Lipinski definition) is 1. The molecule has 2 rings (SSSR count). The lowest BCUT2D eigenvalue weighted by molar-refractivity contribution is -0.384. The average molecular weight is 235 g/mol. The van der Waals surface area contributed by atoms with Crippen LogP contribution in [0.25, 0.3) is 0 Å². The fraction of sp³-hybridized carbons (Fsp3) is 0.500. The highest BCUT2D eigenvalue weighted by atomic mass is 16.6. The van der Waals surface area contributed by atoms with Crippen LogP contribution in [0.5, 0.6) is 0 Å². The Hall–Kier alpha value is -1.62. The van der Waals surface area contributed by atoms with E-state index in [2.05, 4.69) is 17.3 Å². The normalized spacial score (nSPS) is 20.4. The molecule has 92 valence electrons. The minimum absolute atomic E-state index is 0.135. The molecule has 5 nitrogen and oxygen atoms in total. The number of nitrogens with zero attached hydrogens (tertiary/aromatic N) is 2. The SMILES string of the molecule is CN1CCC(CNc2ccc([N+](=O)[O-])cc2)C1. The number of hydrogen-bond acceptors (Lipinski definition) is 4. The summed E-state index contributed by atoms with van der Waals surface area (Å²) < 4.78 is 0. The number of nitro benzene ring substituents is 1. The molecule has 17 heavy (non-hydrogen) atoms. The Balaban J connectivity index is 1.85. The van der Waals surface area contributed by atoms with Crippen LogP contribution in [-0.4, -0.2) is 36.5 Å². The van der Waals surface area contributed by atoms with E-state index in [1.807, 2.05) is 0 Å². The molecule has 1 saturated heterocycles. The molecular weight excluding hydrogens is 218 g/mol. The third kappa shape index (κ3) is 3.17. The number of nitro groups is 1. The van der Waals surface area contributed by atoms with Crippen molar-refractivity contribution in [2.75, 3.05) is 32.0 Å². The summed E-state index contributed by atoms with van der Waals surface area (Å²) in [5.74, 6) is 0.676. The van der Waals surface area contributed by atoms with E-state index in [0.29, 0.717) is 5.92 Å². The van der Waals surface area contributed by atoms with Gasteiger partial charge in [-0.05, 0) is 38.1 Å². The molecular formula is C12H17N3O2. The molecule has 1 aromatic rings. The van der Waals surface area contributed by atoms with E-state index in [1.54, 1.807) is 12.1 Å². The molecule has 1 N–H and O–H groups in total. The van der Waals surface area contributed by atoms with Gasteiger partial charge >= 0.3 is 0 Å². The molecule has 0 aliphatic carbocycles. The van der Waals surface area contributed by atoms with Crippen molar-refractivity contribution in [2.24, 2.45) is 5.92 Å². The minimum atomic E-state index is -0.379. The third-order valence-corrected chi connectivity index (χ3v) is 3.16. The quantitative estimate of drug-likeness (QED) is 0.640. The lowest BCUT2D eigenvalue weighted by Gasteiger charge is -2.12. The van der Waals surface area contributed by atoms with Crippen LogP contribution in [0.1, 0.15) is 6.42 Å². The largest absolute Gasteiger partial charge is 0.385 e. The average Bonchev–Trinajstić information content (AvgIpc) is 2.73. The zero-order chi connectivity index (χ0) is 12.3. The van der Waals surface area contributed by atoms with Crippen LogP contribution in [0.2, 0.25) is 0 Å². The summed E-state index contributed by atoms with van der Waals surface area (Å²) >= 11 is 0. The molecule has 1 aromatic carbocycles. The molecule has 1 fully saturated rings. The first-order valence-electron chi connectivity index (χ1n) is 5.82. The fourth-order valence-electron chi connectivity index (χ4n) is 2.16. The monoisotopic (exact) mass is 235 g/mol. The second-order valence-electron chi connectivity index (χ2n) is 4.60. The lowest BCUT2D eigenvalue weighted by atomic mass is 10.1. The highest BCUT2D eigenvalue weighted by Crippen LogP contribution is 2.18. The first-order valence-corrected chi connectivity index (χ1v) is 5.82. The van der Waals surface area contributed by atoms with Crippen molar-refractivity contribution < 1.29 is 4.92 Å². The summed E-state index contributed by atoms with van der Waals surface area (Å²) in [6, 6.07) is 6.58. The van der Waals surface area contributed by atoms with Crippen LogP contribution in [0.15, 0.2) is 24.3 Å². The van der Waals surface area contributed by atoms with Crippen LogP contribution in [0.3, 0.4) is 0 Å². The molecule has 0 aromatic heterocycles. The molecule has 0 amide bonds. The highest BCUT2D eigenvalue weighted by molar-refractivity contribution is 5.48. The maximum absolute atomic E-state index is 10.5. The topological polar surface area (TPSA) is 58.4 Å². The van der Waals surface area contributed by atoms with Gasteiger partial charge in [0.25, 0.3) is 5.69 Å². The van der Waals surface area contributed by atoms with Crippen LogP contribution in [0.4, 0.5) is 11.4 Å². The van der Waals surface area contributed by atoms with Gasteiger partial charge in [-0.25, -0.2) is 0 Å². The van der Waals surface area contributed by atoms with Crippen LogP contribution in [0, 0.1) is 16.0 Å². The van der Waals surface area contributed by atoms with E-state index < -0.39 is 0 Å². The number of non-ortho nitro benzene ring substituents is 1. The highest BCUT2D eigenvalue weighted by Gasteiger charge is 2.18. The first kappa shape index (κ1) is 11.9. The summed E-state index contributed by atoms with van der Waals surface area (Å²) in [6.45, 7) is 3.22. The van der Waals surface area contributed by atoms with E-state index in [9.17, 15) is 10.1 Å². The van der Waals surface area contributed by atoms with Gasteiger partial charge in [0.2, 0.25) is 0 Å². The van der Waals surface area contributed by atoms with Gasteiger partial charge in [-0.15, -0.1) is 0 Å². The summed E-state index contributed by atoms with van der Waals surface area (Å²) in [5.41, 5.74) is 1.08. The van der Waals surface area contributed by atoms with E-state index in [1.165, 1.54) is 18.6 Å². The maximum atomic E-state index is 10.5. The Morgan fingerprint density at radius 3 is 2.71 bits per heavy atom. The Morgan fingerprint density at radius 1 is 1.47 bits per heavy atom. The number of rotatable bonds is 4. The van der Waals surface area contributed by atoms with E-state index >= 15 is 0 Å². The molecule has 1 aliphatic heterocycles. The standard InChI is InChI=1S/C12H17N3O2/c1-14-7-6-10(9-14)8-13-11-2-4-12(5-3-11)15(16)17/h2-5,10,13H,6-9H2,1H3. The summed E-state index contributed by atoms with van der Waals surface area (Å²) in [7, 11) is 2.13. The van der Waals surface area contributed by atoms with Crippen LogP contribution >= 0.6 is 0 Å². The second-order valence-corrected chi connectivity index (χ2v) is 4.60.